The average Bonchev–Trinajstić information content (AvgIpc) is 2.72. The molecule has 3 N–H and O–H groups in total. The first kappa shape index (κ1) is 11.4. The Bertz CT molecular complexity index is 445. The lowest BCUT2D eigenvalue weighted by Gasteiger charge is -2.11. The Morgan fingerprint density at radius 3 is 3.00 bits per heavy atom. The normalized spacial score (nSPS) is 18.8. The van der Waals surface area contributed by atoms with Gasteiger partial charge in [-0.05, 0) is 24.6 Å². The van der Waals surface area contributed by atoms with E-state index < -0.39 is 0 Å². The zero-order chi connectivity index (χ0) is 12.3. The summed E-state index contributed by atoms with van der Waals surface area (Å²) in [5, 5.41) is 14.7. The maximum Gasteiger partial charge on any atom is 0.251 e. The van der Waals surface area contributed by atoms with Crippen molar-refractivity contribution >= 4 is 11.8 Å². The Morgan fingerprint density at radius 2 is 2.35 bits per heavy atom. The Balaban J connectivity index is 1.87. The van der Waals surface area contributed by atoms with Crippen LogP contribution in [0.2, 0.25) is 0 Å². The second kappa shape index (κ2) is 4.86. The third-order valence-corrected chi connectivity index (χ3v) is 2.70. The third-order valence-electron chi connectivity index (χ3n) is 2.70. The molecule has 2 rings (SSSR count). The smallest absolute Gasteiger partial charge is 0.251 e. The number of benzene rings is 1. The molecular formula is C12H14N2O3. The average molecular weight is 234 g/mol. The number of amides is 2. The van der Waals surface area contributed by atoms with Crippen LogP contribution >= 0.6 is 0 Å². The topological polar surface area (TPSA) is 78.4 Å². The predicted molar refractivity (Wildman–Crippen MR) is 61.6 cm³/mol. The fraction of sp³-hybridized carbons (Fsp3) is 0.333. The van der Waals surface area contributed by atoms with Gasteiger partial charge in [0.05, 0.1) is 0 Å². The fourth-order valence-electron chi connectivity index (χ4n) is 1.80. The van der Waals surface area contributed by atoms with E-state index in [0.29, 0.717) is 18.5 Å². The summed E-state index contributed by atoms with van der Waals surface area (Å²) in [5.74, 6) is -0.157. The largest absolute Gasteiger partial charge is 0.508 e. The van der Waals surface area contributed by atoms with Crippen LogP contribution in [0.25, 0.3) is 0 Å². The molecule has 17 heavy (non-hydrogen) atoms. The van der Waals surface area contributed by atoms with Crippen LogP contribution in [-0.4, -0.2) is 29.5 Å². The van der Waals surface area contributed by atoms with Crippen LogP contribution < -0.4 is 10.6 Å². The quantitative estimate of drug-likeness (QED) is 0.708. The number of phenols is 1. The Labute approximate surface area is 98.8 Å². The van der Waals surface area contributed by atoms with Crippen molar-refractivity contribution in [2.24, 2.45) is 0 Å². The van der Waals surface area contributed by atoms with Crippen molar-refractivity contribution in [1.29, 1.82) is 0 Å². The molecule has 0 saturated carbocycles. The molecule has 1 atom stereocenters. The monoisotopic (exact) mass is 234 g/mol. The van der Waals surface area contributed by atoms with Gasteiger partial charge < -0.3 is 15.7 Å². The minimum Gasteiger partial charge on any atom is -0.508 e. The van der Waals surface area contributed by atoms with Gasteiger partial charge in [-0.15, -0.1) is 0 Å². The molecule has 1 unspecified atom stereocenters. The lowest BCUT2D eigenvalue weighted by molar-refractivity contribution is -0.119. The van der Waals surface area contributed by atoms with E-state index in [4.69, 9.17) is 0 Å². The van der Waals surface area contributed by atoms with Crippen LogP contribution in [-0.2, 0) is 4.79 Å². The number of rotatable bonds is 3. The number of aromatic hydroxyl groups is 1. The molecule has 5 heteroatoms. The number of phenolic OH excluding ortho intramolecular Hbond substituents is 1. The summed E-state index contributed by atoms with van der Waals surface area (Å²) in [7, 11) is 0. The number of hydrogen-bond acceptors (Lipinski definition) is 3. The van der Waals surface area contributed by atoms with Gasteiger partial charge in [0.15, 0.2) is 0 Å². The number of carbonyl (C=O) groups is 2. The van der Waals surface area contributed by atoms with Gasteiger partial charge in [-0.2, -0.15) is 0 Å². The summed E-state index contributed by atoms with van der Waals surface area (Å²) in [6.45, 7) is 0.417. The van der Waals surface area contributed by atoms with Crippen molar-refractivity contribution in [3.05, 3.63) is 29.8 Å². The van der Waals surface area contributed by atoms with Gasteiger partial charge in [-0.25, -0.2) is 0 Å². The molecule has 1 aliphatic rings. The molecule has 5 nitrogen and oxygen atoms in total. The van der Waals surface area contributed by atoms with Gasteiger partial charge in [0.2, 0.25) is 5.91 Å². The molecule has 0 aromatic heterocycles. The van der Waals surface area contributed by atoms with Gasteiger partial charge in [0, 0.05) is 24.6 Å². The molecule has 0 bridgehead atoms. The standard InChI is InChI=1S/C12H14N2O3/c15-10-3-1-2-8(6-10)12(17)13-7-9-4-5-11(16)14-9/h1-3,6,9,15H,4-5,7H2,(H,13,17)(H,14,16). The SMILES string of the molecule is O=C1CCC(CNC(=O)c2cccc(O)c2)N1. The van der Waals surface area contributed by atoms with Crippen molar-refractivity contribution in [2.75, 3.05) is 6.54 Å². The minimum absolute atomic E-state index is 0.0174. The zero-order valence-corrected chi connectivity index (χ0v) is 9.27. The first-order valence-electron chi connectivity index (χ1n) is 5.52. The van der Waals surface area contributed by atoms with Crippen molar-refractivity contribution in [1.82, 2.24) is 10.6 Å². The van der Waals surface area contributed by atoms with Crippen LogP contribution in [0.1, 0.15) is 23.2 Å². The van der Waals surface area contributed by atoms with Gasteiger partial charge in [0.1, 0.15) is 5.75 Å². The summed E-state index contributed by atoms with van der Waals surface area (Å²) < 4.78 is 0. The molecule has 0 radical (unpaired) electrons. The molecule has 1 heterocycles. The van der Waals surface area contributed by atoms with Gasteiger partial charge in [0.25, 0.3) is 5.91 Å². The molecule has 0 aliphatic carbocycles. The number of hydrogen-bond donors (Lipinski definition) is 3. The second-order valence-electron chi connectivity index (χ2n) is 4.06. The Morgan fingerprint density at radius 1 is 1.53 bits per heavy atom. The first-order valence-corrected chi connectivity index (χ1v) is 5.52. The molecule has 90 valence electrons. The summed E-state index contributed by atoms with van der Waals surface area (Å²) >= 11 is 0. The van der Waals surface area contributed by atoms with E-state index in [2.05, 4.69) is 10.6 Å². The maximum atomic E-state index is 11.7. The molecule has 1 saturated heterocycles. The van der Waals surface area contributed by atoms with Crippen LogP contribution in [0.3, 0.4) is 0 Å². The maximum absolute atomic E-state index is 11.7. The lowest BCUT2D eigenvalue weighted by atomic mass is 10.2. The lowest BCUT2D eigenvalue weighted by Crippen LogP contribution is -2.38. The van der Waals surface area contributed by atoms with E-state index in [1.54, 1.807) is 12.1 Å². The van der Waals surface area contributed by atoms with Crippen LogP contribution in [0.4, 0.5) is 0 Å². The van der Waals surface area contributed by atoms with Crippen LogP contribution in [0.5, 0.6) is 5.75 Å². The van der Waals surface area contributed by atoms with E-state index in [1.165, 1.54) is 12.1 Å². The molecule has 1 fully saturated rings. The summed E-state index contributed by atoms with van der Waals surface area (Å²) in [6.07, 6.45) is 1.27. The number of carbonyl (C=O) groups excluding carboxylic acids is 2. The summed E-state index contributed by atoms with van der Waals surface area (Å²) in [6, 6.07) is 6.17. The van der Waals surface area contributed by atoms with Gasteiger partial charge in [-0.3, -0.25) is 9.59 Å². The van der Waals surface area contributed by atoms with E-state index in [1.807, 2.05) is 0 Å². The minimum atomic E-state index is -0.248. The van der Waals surface area contributed by atoms with Crippen molar-refractivity contribution in [2.45, 2.75) is 18.9 Å². The third kappa shape index (κ3) is 2.96. The molecule has 1 aliphatic heterocycles. The van der Waals surface area contributed by atoms with Crippen LogP contribution in [0.15, 0.2) is 24.3 Å². The van der Waals surface area contributed by atoms with Crippen molar-refractivity contribution < 1.29 is 14.7 Å². The Kier molecular flexibility index (Phi) is 3.27. The highest BCUT2D eigenvalue weighted by Gasteiger charge is 2.21. The molecule has 1 aromatic carbocycles. The number of nitrogens with one attached hydrogen (secondary N) is 2. The van der Waals surface area contributed by atoms with E-state index in [-0.39, 0.29) is 23.6 Å². The van der Waals surface area contributed by atoms with Crippen LogP contribution in [0, 0.1) is 0 Å². The van der Waals surface area contributed by atoms with E-state index >= 15 is 0 Å². The fourth-order valence-corrected chi connectivity index (χ4v) is 1.80. The summed E-state index contributed by atoms with van der Waals surface area (Å²) in [4.78, 5) is 22.7. The highest BCUT2D eigenvalue weighted by molar-refractivity contribution is 5.94. The summed E-state index contributed by atoms with van der Waals surface area (Å²) in [5.41, 5.74) is 0.411. The van der Waals surface area contributed by atoms with Crippen molar-refractivity contribution in [3.8, 4) is 5.75 Å². The highest BCUT2D eigenvalue weighted by atomic mass is 16.3. The van der Waals surface area contributed by atoms with E-state index in [0.717, 1.165) is 6.42 Å². The molecule has 0 spiro atoms. The first-order chi connectivity index (χ1) is 8.15. The van der Waals surface area contributed by atoms with E-state index in [9.17, 15) is 14.7 Å². The van der Waals surface area contributed by atoms with Crippen molar-refractivity contribution in [3.63, 3.8) is 0 Å². The molecule has 2 amide bonds. The predicted octanol–water partition coefficient (Wildman–Crippen LogP) is 0.401. The second-order valence-corrected chi connectivity index (χ2v) is 4.06. The zero-order valence-electron chi connectivity index (χ0n) is 9.27. The van der Waals surface area contributed by atoms with Gasteiger partial charge >= 0.3 is 0 Å². The molecular weight excluding hydrogens is 220 g/mol. The van der Waals surface area contributed by atoms with Gasteiger partial charge in [-0.1, -0.05) is 6.07 Å². The Hall–Kier alpha value is -2.04. The highest BCUT2D eigenvalue weighted by Crippen LogP contribution is 2.11. The molecule has 1 aromatic rings.